The Morgan fingerprint density at radius 2 is 1.94 bits per heavy atom. The first-order chi connectivity index (χ1) is 8.51. The van der Waals surface area contributed by atoms with Crippen LogP contribution in [0, 0.1) is 5.92 Å². The van der Waals surface area contributed by atoms with Gasteiger partial charge >= 0.3 is 5.97 Å². The third-order valence-electron chi connectivity index (χ3n) is 3.49. The molecule has 0 aromatic heterocycles. The van der Waals surface area contributed by atoms with Crippen molar-refractivity contribution >= 4 is 5.97 Å². The molecule has 0 amide bonds. The van der Waals surface area contributed by atoms with Crippen LogP contribution in [0.1, 0.15) is 61.5 Å². The van der Waals surface area contributed by atoms with Gasteiger partial charge in [0, 0.05) is 0 Å². The maximum absolute atomic E-state index is 11.9. The highest BCUT2D eigenvalue weighted by molar-refractivity contribution is 5.91. The van der Waals surface area contributed by atoms with Crippen LogP contribution in [-0.2, 0) is 11.2 Å². The van der Waals surface area contributed by atoms with Crippen LogP contribution in [0.2, 0.25) is 0 Å². The van der Waals surface area contributed by atoms with Gasteiger partial charge in [0.05, 0.1) is 12.7 Å². The van der Waals surface area contributed by atoms with Gasteiger partial charge in [-0.05, 0) is 35.4 Å². The SMILES string of the molecule is CCC(C)Cc1c(C(=O)OC)cccc1C(C)C. The lowest BCUT2D eigenvalue weighted by Crippen LogP contribution is -2.12. The molecular weight excluding hydrogens is 224 g/mol. The van der Waals surface area contributed by atoms with Crippen molar-refractivity contribution in [2.24, 2.45) is 5.92 Å². The largest absolute Gasteiger partial charge is 0.465 e. The molecule has 0 spiro atoms. The Labute approximate surface area is 110 Å². The van der Waals surface area contributed by atoms with Gasteiger partial charge < -0.3 is 4.74 Å². The molecule has 1 atom stereocenters. The average Bonchev–Trinajstić information content (AvgIpc) is 2.37. The van der Waals surface area contributed by atoms with Gasteiger partial charge in [-0.2, -0.15) is 0 Å². The number of hydrogen-bond acceptors (Lipinski definition) is 2. The van der Waals surface area contributed by atoms with Crippen molar-refractivity contribution in [3.05, 3.63) is 34.9 Å². The summed E-state index contributed by atoms with van der Waals surface area (Å²) in [4.78, 5) is 11.9. The van der Waals surface area contributed by atoms with E-state index in [9.17, 15) is 4.79 Å². The molecule has 2 nitrogen and oxygen atoms in total. The maximum Gasteiger partial charge on any atom is 0.338 e. The molecule has 100 valence electrons. The van der Waals surface area contributed by atoms with Gasteiger partial charge in [-0.3, -0.25) is 0 Å². The molecule has 1 aromatic carbocycles. The van der Waals surface area contributed by atoms with E-state index in [1.807, 2.05) is 12.1 Å². The predicted molar refractivity (Wildman–Crippen MR) is 75.0 cm³/mol. The second kappa shape index (κ2) is 6.58. The molecule has 1 aromatic rings. The summed E-state index contributed by atoms with van der Waals surface area (Å²) in [7, 11) is 1.44. The molecule has 0 radical (unpaired) electrons. The van der Waals surface area contributed by atoms with Crippen molar-refractivity contribution in [3.63, 3.8) is 0 Å². The van der Waals surface area contributed by atoms with Crippen LogP contribution in [0.25, 0.3) is 0 Å². The minimum absolute atomic E-state index is 0.226. The molecule has 1 rings (SSSR count). The van der Waals surface area contributed by atoms with Crippen molar-refractivity contribution in [2.45, 2.75) is 46.5 Å². The zero-order valence-corrected chi connectivity index (χ0v) is 12.1. The molecular formula is C16H24O2. The summed E-state index contributed by atoms with van der Waals surface area (Å²) >= 11 is 0. The van der Waals surface area contributed by atoms with E-state index in [1.165, 1.54) is 12.7 Å². The second-order valence-corrected chi connectivity index (χ2v) is 5.24. The van der Waals surface area contributed by atoms with E-state index in [0.29, 0.717) is 11.8 Å². The summed E-state index contributed by atoms with van der Waals surface area (Å²) < 4.78 is 4.89. The van der Waals surface area contributed by atoms with Gasteiger partial charge in [-0.15, -0.1) is 0 Å². The predicted octanol–water partition coefficient (Wildman–Crippen LogP) is 4.19. The smallest absolute Gasteiger partial charge is 0.338 e. The summed E-state index contributed by atoms with van der Waals surface area (Å²) in [6.07, 6.45) is 2.06. The molecule has 0 aliphatic carbocycles. The van der Waals surface area contributed by atoms with Crippen LogP contribution >= 0.6 is 0 Å². The molecule has 2 heteroatoms. The third-order valence-corrected chi connectivity index (χ3v) is 3.49. The first-order valence-electron chi connectivity index (χ1n) is 6.71. The van der Waals surface area contributed by atoms with Crippen molar-refractivity contribution in [1.29, 1.82) is 0 Å². The number of benzene rings is 1. The first-order valence-corrected chi connectivity index (χ1v) is 6.71. The Balaban J connectivity index is 3.25. The Kier molecular flexibility index (Phi) is 5.39. The molecule has 0 saturated carbocycles. The highest BCUT2D eigenvalue weighted by atomic mass is 16.5. The lowest BCUT2D eigenvalue weighted by Gasteiger charge is -2.18. The highest BCUT2D eigenvalue weighted by Gasteiger charge is 2.18. The molecule has 0 aliphatic heterocycles. The van der Waals surface area contributed by atoms with Crippen molar-refractivity contribution in [3.8, 4) is 0 Å². The summed E-state index contributed by atoms with van der Waals surface area (Å²) in [5.41, 5.74) is 3.15. The Hall–Kier alpha value is -1.31. The molecule has 0 bridgehead atoms. The lowest BCUT2D eigenvalue weighted by atomic mass is 9.87. The van der Waals surface area contributed by atoms with Gasteiger partial charge in [0.15, 0.2) is 0 Å². The minimum atomic E-state index is -0.226. The number of carbonyl (C=O) groups excluding carboxylic acids is 1. The van der Waals surface area contributed by atoms with Crippen LogP contribution in [0.5, 0.6) is 0 Å². The normalized spacial score (nSPS) is 12.6. The van der Waals surface area contributed by atoms with E-state index in [0.717, 1.165) is 24.0 Å². The standard InChI is InChI=1S/C16H24O2/c1-6-12(4)10-15-13(11(2)3)8-7-9-14(15)16(17)18-5/h7-9,11-12H,6,10H2,1-5H3. The van der Waals surface area contributed by atoms with Crippen molar-refractivity contribution in [1.82, 2.24) is 0 Å². The van der Waals surface area contributed by atoms with Gasteiger partial charge in [0.2, 0.25) is 0 Å². The quantitative estimate of drug-likeness (QED) is 0.730. The lowest BCUT2D eigenvalue weighted by molar-refractivity contribution is 0.0599. The van der Waals surface area contributed by atoms with E-state index in [1.54, 1.807) is 0 Å². The maximum atomic E-state index is 11.9. The topological polar surface area (TPSA) is 26.3 Å². The van der Waals surface area contributed by atoms with E-state index in [-0.39, 0.29) is 5.97 Å². The van der Waals surface area contributed by atoms with E-state index < -0.39 is 0 Å². The molecule has 0 fully saturated rings. The number of ether oxygens (including phenoxy) is 1. The van der Waals surface area contributed by atoms with Crippen LogP contribution in [0.15, 0.2) is 18.2 Å². The van der Waals surface area contributed by atoms with Crippen LogP contribution in [0.3, 0.4) is 0 Å². The molecule has 1 unspecified atom stereocenters. The zero-order chi connectivity index (χ0) is 13.7. The number of carbonyl (C=O) groups is 1. The van der Waals surface area contributed by atoms with E-state index >= 15 is 0 Å². The first kappa shape index (κ1) is 14.7. The Morgan fingerprint density at radius 1 is 1.28 bits per heavy atom. The highest BCUT2D eigenvalue weighted by Crippen LogP contribution is 2.26. The van der Waals surface area contributed by atoms with Crippen molar-refractivity contribution < 1.29 is 9.53 Å². The fraction of sp³-hybridized carbons (Fsp3) is 0.562. The monoisotopic (exact) mass is 248 g/mol. The van der Waals surface area contributed by atoms with E-state index in [2.05, 4.69) is 33.8 Å². The van der Waals surface area contributed by atoms with Gasteiger partial charge in [-0.1, -0.05) is 46.2 Å². The fourth-order valence-corrected chi connectivity index (χ4v) is 2.17. The summed E-state index contributed by atoms with van der Waals surface area (Å²) in [5, 5.41) is 0. The van der Waals surface area contributed by atoms with Crippen LogP contribution in [0.4, 0.5) is 0 Å². The number of rotatable bonds is 5. The minimum Gasteiger partial charge on any atom is -0.465 e. The van der Waals surface area contributed by atoms with Crippen LogP contribution < -0.4 is 0 Å². The van der Waals surface area contributed by atoms with Gasteiger partial charge in [-0.25, -0.2) is 4.79 Å². The fourth-order valence-electron chi connectivity index (χ4n) is 2.17. The third kappa shape index (κ3) is 3.34. The van der Waals surface area contributed by atoms with Gasteiger partial charge in [0.25, 0.3) is 0 Å². The molecule has 0 saturated heterocycles. The number of methoxy groups -OCH3 is 1. The molecule has 18 heavy (non-hydrogen) atoms. The van der Waals surface area contributed by atoms with Crippen molar-refractivity contribution in [2.75, 3.05) is 7.11 Å². The average molecular weight is 248 g/mol. The number of esters is 1. The molecule has 0 aliphatic rings. The van der Waals surface area contributed by atoms with Crippen LogP contribution in [-0.4, -0.2) is 13.1 Å². The Bertz CT molecular complexity index is 408. The van der Waals surface area contributed by atoms with Gasteiger partial charge in [0.1, 0.15) is 0 Å². The summed E-state index contributed by atoms with van der Waals surface area (Å²) in [5.74, 6) is 0.776. The van der Waals surface area contributed by atoms with E-state index in [4.69, 9.17) is 4.74 Å². The Morgan fingerprint density at radius 3 is 2.44 bits per heavy atom. The summed E-state index contributed by atoms with van der Waals surface area (Å²) in [6.45, 7) is 8.73. The molecule has 0 N–H and O–H groups in total. The summed E-state index contributed by atoms with van der Waals surface area (Å²) in [6, 6.07) is 5.94. The number of hydrogen-bond donors (Lipinski definition) is 0. The molecule has 0 heterocycles. The second-order valence-electron chi connectivity index (χ2n) is 5.24. The zero-order valence-electron chi connectivity index (χ0n) is 12.1.